The molecule has 0 unspecified atom stereocenters. The third kappa shape index (κ3) is 5.16. The molecule has 3 amide bonds. The minimum atomic E-state index is -0.190. The monoisotopic (exact) mass is 420 g/mol. The molecule has 3 rings (SSSR count). The number of carbonyl (C=O) groups excluding carboxylic acids is 2. The topological polar surface area (TPSA) is 64.7 Å². The van der Waals surface area contributed by atoms with Crippen molar-refractivity contribution in [1.29, 1.82) is 0 Å². The molecule has 2 heterocycles. The van der Waals surface area contributed by atoms with E-state index in [1.807, 2.05) is 4.90 Å². The second-order valence-corrected chi connectivity index (χ2v) is 7.23. The summed E-state index contributed by atoms with van der Waals surface area (Å²) in [6, 6.07) is 4.79. The van der Waals surface area contributed by atoms with Crippen LogP contribution in [0.2, 0.25) is 10.0 Å². The lowest BCUT2D eigenvalue weighted by Gasteiger charge is -2.37. The third-order valence-corrected chi connectivity index (χ3v) is 5.43. The standard InChI is InChI=1S/C17H22Cl2N4O2.ClH/c18-14-4-3-13(10-15(14)19)21-17(25)23-8-6-22(7-9-23)16(24)12-2-1-5-20-11-12;/h3-4,10,12,20H,1-2,5-9,11H2,(H,21,25);1H/t12-;/m1./s1. The number of anilines is 1. The minimum absolute atomic E-state index is 0. The Labute approximate surface area is 169 Å². The lowest BCUT2D eigenvalue weighted by molar-refractivity contribution is -0.137. The second kappa shape index (κ2) is 9.65. The van der Waals surface area contributed by atoms with Crippen LogP contribution in [0.25, 0.3) is 0 Å². The van der Waals surface area contributed by atoms with E-state index in [-0.39, 0.29) is 30.3 Å². The van der Waals surface area contributed by atoms with Crippen molar-refractivity contribution in [3.8, 4) is 0 Å². The molecule has 2 aliphatic heterocycles. The van der Waals surface area contributed by atoms with Crippen molar-refractivity contribution in [3.63, 3.8) is 0 Å². The number of amides is 3. The highest BCUT2D eigenvalue weighted by Gasteiger charge is 2.29. The first kappa shape index (κ1) is 21.1. The number of benzene rings is 1. The van der Waals surface area contributed by atoms with Crippen molar-refractivity contribution >= 4 is 53.2 Å². The van der Waals surface area contributed by atoms with E-state index in [9.17, 15) is 9.59 Å². The number of halogens is 3. The fourth-order valence-electron chi connectivity index (χ4n) is 3.23. The number of urea groups is 1. The summed E-state index contributed by atoms with van der Waals surface area (Å²) in [5, 5.41) is 6.94. The van der Waals surface area contributed by atoms with E-state index in [2.05, 4.69) is 10.6 Å². The number of rotatable bonds is 2. The van der Waals surface area contributed by atoms with Gasteiger partial charge in [-0.1, -0.05) is 23.2 Å². The molecular formula is C17H23Cl3N4O2. The van der Waals surface area contributed by atoms with Crippen LogP contribution in [0.4, 0.5) is 10.5 Å². The van der Waals surface area contributed by atoms with Crippen LogP contribution >= 0.6 is 35.6 Å². The predicted molar refractivity (Wildman–Crippen MR) is 106 cm³/mol. The molecule has 0 aliphatic carbocycles. The van der Waals surface area contributed by atoms with E-state index in [0.717, 1.165) is 25.9 Å². The summed E-state index contributed by atoms with van der Waals surface area (Å²) in [6.07, 6.45) is 1.99. The van der Waals surface area contributed by atoms with Gasteiger partial charge < -0.3 is 20.4 Å². The van der Waals surface area contributed by atoms with E-state index >= 15 is 0 Å². The Bertz CT molecular complexity index is 645. The van der Waals surface area contributed by atoms with Gasteiger partial charge in [0.15, 0.2) is 0 Å². The van der Waals surface area contributed by atoms with Crippen molar-refractivity contribution in [1.82, 2.24) is 15.1 Å². The fraction of sp³-hybridized carbons (Fsp3) is 0.529. The van der Waals surface area contributed by atoms with Gasteiger partial charge in [-0.05, 0) is 37.6 Å². The lowest BCUT2D eigenvalue weighted by atomic mass is 9.98. The van der Waals surface area contributed by atoms with Gasteiger partial charge in [-0.25, -0.2) is 4.79 Å². The van der Waals surface area contributed by atoms with Crippen LogP contribution in [0.3, 0.4) is 0 Å². The summed E-state index contributed by atoms with van der Waals surface area (Å²) >= 11 is 11.8. The quantitative estimate of drug-likeness (QED) is 0.771. The Hall–Kier alpha value is -1.21. The van der Waals surface area contributed by atoms with Gasteiger partial charge in [-0.15, -0.1) is 12.4 Å². The minimum Gasteiger partial charge on any atom is -0.339 e. The predicted octanol–water partition coefficient (Wildman–Crippen LogP) is 3.09. The zero-order chi connectivity index (χ0) is 17.8. The van der Waals surface area contributed by atoms with Crippen LogP contribution in [-0.2, 0) is 4.79 Å². The van der Waals surface area contributed by atoms with Crippen LogP contribution in [0, 0.1) is 5.92 Å². The molecular weight excluding hydrogens is 399 g/mol. The molecule has 6 nitrogen and oxygen atoms in total. The van der Waals surface area contributed by atoms with Crippen LogP contribution in [0.5, 0.6) is 0 Å². The summed E-state index contributed by atoms with van der Waals surface area (Å²) in [5.74, 6) is 0.280. The molecule has 2 aliphatic rings. The fourth-order valence-corrected chi connectivity index (χ4v) is 3.53. The van der Waals surface area contributed by atoms with Gasteiger partial charge in [0.1, 0.15) is 0 Å². The zero-order valence-electron chi connectivity index (χ0n) is 14.3. The molecule has 1 atom stereocenters. The molecule has 0 spiro atoms. The highest BCUT2D eigenvalue weighted by Crippen LogP contribution is 2.25. The number of hydrogen-bond acceptors (Lipinski definition) is 3. The van der Waals surface area contributed by atoms with Crippen LogP contribution in [0.1, 0.15) is 12.8 Å². The molecule has 2 saturated heterocycles. The van der Waals surface area contributed by atoms with Gasteiger partial charge >= 0.3 is 6.03 Å². The number of carbonyl (C=O) groups is 2. The van der Waals surface area contributed by atoms with Crippen molar-refractivity contribution in [3.05, 3.63) is 28.2 Å². The van der Waals surface area contributed by atoms with Crippen LogP contribution < -0.4 is 10.6 Å². The number of hydrogen-bond donors (Lipinski definition) is 2. The molecule has 1 aromatic carbocycles. The molecule has 0 aromatic heterocycles. The molecule has 0 radical (unpaired) electrons. The molecule has 144 valence electrons. The summed E-state index contributed by atoms with van der Waals surface area (Å²) in [6.45, 7) is 3.95. The number of nitrogens with zero attached hydrogens (tertiary/aromatic N) is 2. The largest absolute Gasteiger partial charge is 0.339 e. The Kier molecular flexibility index (Phi) is 7.83. The Morgan fingerprint density at radius 1 is 1.08 bits per heavy atom. The van der Waals surface area contributed by atoms with Gasteiger partial charge in [0.25, 0.3) is 0 Å². The van der Waals surface area contributed by atoms with Crippen molar-refractivity contribution in [2.24, 2.45) is 5.92 Å². The summed E-state index contributed by atoms with van der Waals surface area (Å²) in [7, 11) is 0. The maximum absolute atomic E-state index is 12.5. The number of piperazine rings is 1. The van der Waals surface area contributed by atoms with Gasteiger partial charge in [0.2, 0.25) is 5.91 Å². The van der Waals surface area contributed by atoms with Crippen LogP contribution in [0.15, 0.2) is 18.2 Å². The Morgan fingerprint density at radius 3 is 2.38 bits per heavy atom. The molecule has 2 fully saturated rings. The maximum atomic E-state index is 12.5. The van der Waals surface area contributed by atoms with Crippen molar-refractivity contribution in [2.75, 3.05) is 44.6 Å². The van der Waals surface area contributed by atoms with Gasteiger partial charge in [0.05, 0.1) is 16.0 Å². The highest BCUT2D eigenvalue weighted by atomic mass is 35.5. The number of piperidine rings is 1. The smallest absolute Gasteiger partial charge is 0.321 e. The highest BCUT2D eigenvalue weighted by molar-refractivity contribution is 6.42. The first-order valence-electron chi connectivity index (χ1n) is 8.55. The lowest BCUT2D eigenvalue weighted by Crippen LogP contribution is -2.54. The zero-order valence-corrected chi connectivity index (χ0v) is 16.7. The van der Waals surface area contributed by atoms with Gasteiger partial charge in [0, 0.05) is 38.4 Å². The Morgan fingerprint density at radius 2 is 1.77 bits per heavy atom. The molecule has 2 N–H and O–H groups in total. The van der Waals surface area contributed by atoms with E-state index < -0.39 is 0 Å². The van der Waals surface area contributed by atoms with E-state index in [1.54, 1.807) is 23.1 Å². The summed E-state index contributed by atoms with van der Waals surface area (Å²) in [5.41, 5.74) is 0.603. The normalized spacial score (nSPS) is 20.3. The van der Waals surface area contributed by atoms with Gasteiger partial charge in [-0.3, -0.25) is 4.79 Å². The maximum Gasteiger partial charge on any atom is 0.321 e. The van der Waals surface area contributed by atoms with E-state index in [1.165, 1.54) is 0 Å². The first-order chi connectivity index (χ1) is 12.0. The van der Waals surface area contributed by atoms with Crippen LogP contribution in [-0.4, -0.2) is 61.0 Å². The third-order valence-electron chi connectivity index (χ3n) is 4.70. The van der Waals surface area contributed by atoms with Crippen molar-refractivity contribution in [2.45, 2.75) is 12.8 Å². The SMILES string of the molecule is Cl.O=C(Nc1ccc(Cl)c(Cl)c1)N1CCN(C(=O)[C@@H]2CCCNC2)CC1. The van der Waals surface area contributed by atoms with E-state index in [0.29, 0.717) is 41.9 Å². The van der Waals surface area contributed by atoms with E-state index in [4.69, 9.17) is 23.2 Å². The van der Waals surface area contributed by atoms with Crippen molar-refractivity contribution < 1.29 is 9.59 Å². The molecule has 0 bridgehead atoms. The second-order valence-electron chi connectivity index (χ2n) is 6.41. The molecule has 0 saturated carbocycles. The summed E-state index contributed by atoms with van der Waals surface area (Å²) in [4.78, 5) is 28.5. The van der Waals surface area contributed by atoms with Gasteiger partial charge in [-0.2, -0.15) is 0 Å². The Balaban J connectivity index is 0.00000243. The molecule has 26 heavy (non-hydrogen) atoms. The average molecular weight is 422 g/mol. The summed E-state index contributed by atoms with van der Waals surface area (Å²) < 4.78 is 0. The molecule has 9 heteroatoms. The average Bonchev–Trinajstić information content (AvgIpc) is 2.65. The molecule has 1 aromatic rings. The first-order valence-corrected chi connectivity index (χ1v) is 9.30. The number of nitrogens with one attached hydrogen (secondary N) is 2.